The molecule has 0 heterocycles. The van der Waals surface area contributed by atoms with E-state index in [1.54, 1.807) is 0 Å². The van der Waals surface area contributed by atoms with Gasteiger partial charge in [0.1, 0.15) is 5.69 Å². The monoisotopic (exact) mass is 404 g/mol. The summed E-state index contributed by atoms with van der Waals surface area (Å²) in [7, 11) is 0. The molecule has 2 rings (SSSR count). The second kappa shape index (κ2) is 7.98. The number of amides is 1. The molecule has 7 nitrogen and oxygen atoms in total. The van der Waals surface area contributed by atoms with Crippen LogP contribution in [0.4, 0.5) is 33.3 Å². The molecule has 1 amide bonds. The molecule has 0 radical (unpaired) electrons. The van der Waals surface area contributed by atoms with Gasteiger partial charge in [-0.15, -0.1) is 0 Å². The summed E-state index contributed by atoms with van der Waals surface area (Å²) in [6.07, 6.45) is 0. The highest BCUT2D eigenvalue weighted by molar-refractivity contribution is 5.95. The summed E-state index contributed by atoms with van der Waals surface area (Å²) in [5.41, 5.74) is -1.89. The molecular weight excluding hydrogens is 395 g/mol. The Bertz CT molecular complexity index is 967. The Morgan fingerprint density at radius 2 is 1.57 bits per heavy atom. The van der Waals surface area contributed by atoms with Gasteiger partial charge in [0.05, 0.1) is 10.5 Å². The first-order valence-electron chi connectivity index (χ1n) is 7.28. The summed E-state index contributed by atoms with van der Waals surface area (Å²) in [5.74, 6) is -13.9. The molecule has 0 aliphatic heterocycles. The van der Waals surface area contributed by atoms with Gasteiger partial charge < -0.3 is 10.1 Å². The molecule has 0 saturated heterocycles. The first kappa shape index (κ1) is 20.7. The number of hydrogen-bond acceptors (Lipinski definition) is 5. The number of benzene rings is 2. The molecule has 0 aliphatic carbocycles. The molecule has 28 heavy (non-hydrogen) atoms. The Morgan fingerprint density at radius 1 is 1.04 bits per heavy atom. The molecule has 12 heteroatoms. The Hall–Kier alpha value is -3.57. The van der Waals surface area contributed by atoms with Crippen LogP contribution < -0.4 is 5.32 Å². The van der Waals surface area contributed by atoms with Crippen LogP contribution in [0.3, 0.4) is 0 Å². The van der Waals surface area contributed by atoms with E-state index in [4.69, 9.17) is 0 Å². The molecule has 2 aromatic carbocycles. The molecular formula is C16H9F5N2O5. The van der Waals surface area contributed by atoms with Crippen molar-refractivity contribution in [1.29, 1.82) is 0 Å². The van der Waals surface area contributed by atoms with Crippen LogP contribution in [0.15, 0.2) is 18.2 Å². The summed E-state index contributed by atoms with van der Waals surface area (Å²) in [4.78, 5) is 33.5. The van der Waals surface area contributed by atoms with Gasteiger partial charge in [0.15, 0.2) is 29.9 Å². The molecule has 0 bridgehead atoms. The summed E-state index contributed by atoms with van der Waals surface area (Å²) in [6, 6.07) is 3.19. The largest absolute Gasteiger partial charge is 0.452 e. The van der Waals surface area contributed by atoms with Crippen molar-refractivity contribution in [2.75, 3.05) is 11.9 Å². The number of nitrogens with one attached hydrogen (secondary N) is 1. The topological polar surface area (TPSA) is 98.5 Å². The predicted octanol–water partition coefficient (Wildman–Crippen LogP) is 3.39. The number of aryl methyl sites for hydroxylation is 1. The van der Waals surface area contributed by atoms with Gasteiger partial charge in [0.25, 0.3) is 11.6 Å². The van der Waals surface area contributed by atoms with Gasteiger partial charge in [0, 0.05) is 11.6 Å². The van der Waals surface area contributed by atoms with Gasteiger partial charge in [0.2, 0.25) is 5.82 Å². The van der Waals surface area contributed by atoms with Gasteiger partial charge in [-0.05, 0) is 19.1 Å². The predicted molar refractivity (Wildman–Crippen MR) is 83.0 cm³/mol. The minimum Gasteiger partial charge on any atom is -0.452 e. The van der Waals surface area contributed by atoms with E-state index in [0.29, 0.717) is 0 Å². The van der Waals surface area contributed by atoms with E-state index in [9.17, 15) is 41.7 Å². The number of nitro benzene ring substituents is 1. The van der Waals surface area contributed by atoms with E-state index in [-0.39, 0.29) is 16.8 Å². The molecule has 0 saturated carbocycles. The second-order valence-corrected chi connectivity index (χ2v) is 5.33. The van der Waals surface area contributed by atoms with Crippen molar-refractivity contribution in [3.8, 4) is 0 Å². The number of nitrogens with zero attached hydrogens (tertiary/aromatic N) is 1. The number of carbonyl (C=O) groups is 2. The SMILES string of the molecule is Cc1cc(C(=O)OCC(=O)Nc2c(F)c(F)c(F)c(F)c2F)ccc1[N+](=O)[O-]. The molecule has 0 atom stereocenters. The van der Waals surface area contributed by atoms with Gasteiger partial charge in [-0.25, -0.2) is 26.7 Å². The second-order valence-electron chi connectivity index (χ2n) is 5.33. The maximum absolute atomic E-state index is 13.5. The van der Waals surface area contributed by atoms with E-state index in [1.807, 2.05) is 0 Å². The number of halogens is 5. The summed E-state index contributed by atoms with van der Waals surface area (Å²) in [5, 5.41) is 12.1. The molecule has 148 valence electrons. The highest BCUT2D eigenvalue weighted by Gasteiger charge is 2.27. The molecule has 0 aliphatic rings. The summed E-state index contributed by atoms with van der Waals surface area (Å²) >= 11 is 0. The van der Waals surface area contributed by atoms with Crippen LogP contribution in [0, 0.1) is 46.1 Å². The standard InChI is InChI=1S/C16H9F5N2O5/c1-6-4-7(2-3-8(6)23(26)27)16(25)28-5-9(24)22-15-13(20)11(18)10(17)12(19)14(15)21/h2-4H,5H2,1H3,(H,22,24). The van der Waals surface area contributed by atoms with Crippen LogP contribution in [0.25, 0.3) is 0 Å². The van der Waals surface area contributed by atoms with Crippen molar-refractivity contribution in [2.45, 2.75) is 6.92 Å². The smallest absolute Gasteiger partial charge is 0.338 e. The van der Waals surface area contributed by atoms with Crippen LogP contribution in [0.5, 0.6) is 0 Å². The van der Waals surface area contributed by atoms with Crippen molar-refractivity contribution >= 4 is 23.3 Å². The fourth-order valence-corrected chi connectivity index (χ4v) is 2.09. The first-order valence-corrected chi connectivity index (χ1v) is 7.28. The number of rotatable bonds is 5. The van der Waals surface area contributed by atoms with E-state index < -0.39 is 58.2 Å². The van der Waals surface area contributed by atoms with Crippen LogP contribution in [-0.4, -0.2) is 23.4 Å². The van der Waals surface area contributed by atoms with Crippen molar-refractivity contribution in [2.24, 2.45) is 0 Å². The van der Waals surface area contributed by atoms with Crippen LogP contribution in [0.1, 0.15) is 15.9 Å². The zero-order chi connectivity index (χ0) is 21.2. The third-order valence-electron chi connectivity index (χ3n) is 3.44. The minimum atomic E-state index is -2.40. The van der Waals surface area contributed by atoms with E-state index in [2.05, 4.69) is 4.74 Å². The maximum Gasteiger partial charge on any atom is 0.338 e. The Morgan fingerprint density at radius 3 is 2.07 bits per heavy atom. The summed E-state index contributed by atoms with van der Waals surface area (Å²) in [6.45, 7) is 0.235. The quantitative estimate of drug-likeness (QED) is 0.206. The highest BCUT2D eigenvalue weighted by atomic mass is 19.2. The number of esters is 1. The maximum atomic E-state index is 13.5. The van der Waals surface area contributed by atoms with Crippen LogP contribution >= 0.6 is 0 Å². The normalized spacial score (nSPS) is 10.5. The average molecular weight is 404 g/mol. The van der Waals surface area contributed by atoms with E-state index in [0.717, 1.165) is 18.2 Å². The average Bonchev–Trinajstić information content (AvgIpc) is 2.65. The van der Waals surface area contributed by atoms with Crippen LogP contribution in [-0.2, 0) is 9.53 Å². The molecule has 0 spiro atoms. The van der Waals surface area contributed by atoms with Crippen molar-refractivity contribution in [1.82, 2.24) is 0 Å². The third kappa shape index (κ3) is 4.05. The highest BCUT2D eigenvalue weighted by Crippen LogP contribution is 2.27. The lowest BCUT2D eigenvalue weighted by Gasteiger charge is -2.10. The lowest BCUT2D eigenvalue weighted by atomic mass is 10.1. The fourth-order valence-electron chi connectivity index (χ4n) is 2.09. The van der Waals surface area contributed by atoms with Gasteiger partial charge in [-0.2, -0.15) is 0 Å². The molecule has 0 aromatic heterocycles. The zero-order valence-electron chi connectivity index (χ0n) is 13.8. The fraction of sp³-hybridized carbons (Fsp3) is 0.125. The van der Waals surface area contributed by atoms with Gasteiger partial charge in [-0.3, -0.25) is 14.9 Å². The van der Waals surface area contributed by atoms with Gasteiger partial charge in [-0.1, -0.05) is 0 Å². The molecule has 0 unspecified atom stereocenters. The number of carbonyl (C=O) groups excluding carboxylic acids is 2. The van der Waals surface area contributed by atoms with Crippen molar-refractivity contribution in [3.05, 3.63) is 68.5 Å². The Balaban J connectivity index is 2.08. The molecule has 0 fully saturated rings. The van der Waals surface area contributed by atoms with E-state index in [1.165, 1.54) is 12.2 Å². The van der Waals surface area contributed by atoms with Crippen molar-refractivity contribution < 1.29 is 41.2 Å². The zero-order valence-corrected chi connectivity index (χ0v) is 13.8. The third-order valence-corrected chi connectivity index (χ3v) is 3.44. The van der Waals surface area contributed by atoms with E-state index >= 15 is 0 Å². The lowest BCUT2D eigenvalue weighted by molar-refractivity contribution is -0.385. The number of ether oxygens (including phenoxy) is 1. The number of nitro groups is 1. The number of hydrogen-bond donors (Lipinski definition) is 1. The minimum absolute atomic E-state index is 0.130. The molecule has 1 N–H and O–H groups in total. The van der Waals surface area contributed by atoms with Crippen molar-refractivity contribution in [3.63, 3.8) is 0 Å². The Kier molecular flexibility index (Phi) is 5.91. The van der Waals surface area contributed by atoms with Crippen LogP contribution in [0.2, 0.25) is 0 Å². The number of anilines is 1. The van der Waals surface area contributed by atoms with Gasteiger partial charge >= 0.3 is 5.97 Å². The summed E-state index contributed by atoms with van der Waals surface area (Å²) < 4.78 is 70.6. The Labute approximate surface area is 152 Å². The first-order chi connectivity index (χ1) is 13.0. The lowest BCUT2D eigenvalue weighted by Crippen LogP contribution is -2.23. The molecule has 2 aromatic rings.